The molecule has 0 aliphatic rings. The number of hydrogen-bond acceptors (Lipinski definition) is 3. The highest BCUT2D eigenvalue weighted by Gasteiger charge is 2.10. The lowest BCUT2D eigenvalue weighted by Crippen LogP contribution is -2.06. The Hall–Kier alpha value is -1.64. The van der Waals surface area contributed by atoms with Crippen LogP contribution in [0.1, 0.15) is 23.7 Å². The molecule has 0 saturated carbocycles. The summed E-state index contributed by atoms with van der Waals surface area (Å²) < 4.78 is 4.98. The van der Waals surface area contributed by atoms with Crippen LogP contribution in [0.25, 0.3) is 0 Å². The lowest BCUT2D eigenvalue weighted by molar-refractivity contribution is -0.110. The molecule has 0 aliphatic heterocycles. The Bertz CT molecular complexity index is 340. The van der Waals surface area contributed by atoms with Crippen LogP contribution >= 0.6 is 0 Å². The highest BCUT2D eigenvalue weighted by atomic mass is 16.5. The minimum atomic E-state index is -0.223. The Morgan fingerprint density at radius 3 is 2.47 bits per heavy atom. The van der Waals surface area contributed by atoms with E-state index in [0.717, 1.165) is 12.0 Å². The van der Waals surface area contributed by atoms with Gasteiger partial charge in [-0.1, -0.05) is 6.92 Å². The zero-order chi connectivity index (χ0) is 11.3. The molecule has 80 valence electrons. The fourth-order valence-corrected chi connectivity index (χ4v) is 1.24. The Morgan fingerprint density at radius 2 is 2.00 bits per heavy atom. The maximum absolute atomic E-state index is 11.6. The van der Waals surface area contributed by atoms with Gasteiger partial charge in [0.25, 0.3) is 0 Å². The van der Waals surface area contributed by atoms with Crippen LogP contribution in [0.4, 0.5) is 0 Å². The number of carbonyl (C=O) groups excluding carboxylic acids is 2. The van der Waals surface area contributed by atoms with Crippen molar-refractivity contribution in [3.63, 3.8) is 0 Å². The molecular formula is C12H14O3. The molecule has 0 bridgehead atoms. The van der Waals surface area contributed by atoms with Crippen LogP contribution in [0.3, 0.4) is 0 Å². The van der Waals surface area contributed by atoms with Gasteiger partial charge in [-0.05, 0) is 24.3 Å². The van der Waals surface area contributed by atoms with Crippen molar-refractivity contribution in [2.24, 2.45) is 5.92 Å². The molecule has 15 heavy (non-hydrogen) atoms. The molecule has 0 saturated heterocycles. The van der Waals surface area contributed by atoms with Gasteiger partial charge in [0.15, 0.2) is 5.78 Å². The molecule has 0 aliphatic carbocycles. The molecule has 1 rings (SSSR count). The zero-order valence-corrected chi connectivity index (χ0v) is 8.90. The Labute approximate surface area is 89.1 Å². The van der Waals surface area contributed by atoms with Crippen molar-refractivity contribution in [2.45, 2.75) is 13.3 Å². The van der Waals surface area contributed by atoms with E-state index in [9.17, 15) is 9.59 Å². The van der Waals surface area contributed by atoms with E-state index in [-0.39, 0.29) is 18.1 Å². The summed E-state index contributed by atoms with van der Waals surface area (Å²) in [7, 11) is 1.57. The first-order valence-corrected chi connectivity index (χ1v) is 4.80. The predicted octanol–water partition coefficient (Wildman–Crippen LogP) is 2.10. The summed E-state index contributed by atoms with van der Waals surface area (Å²) in [6, 6.07) is 6.88. The molecule has 0 fully saturated rings. The van der Waals surface area contributed by atoms with E-state index >= 15 is 0 Å². The number of carbonyl (C=O) groups is 2. The summed E-state index contributed by atoms with van der Waals surface area (Å²) in [5, 5.41) is 0. The topological polar surface area (TPSA) is 43.4 Å². The van der Waals surface area contributed by atoms with Crippen LogP contribution in [0.2, 0.25) is 0 Å². The molecule has 0 aromatic heterocycles. The first-order valence-electron chi connectivity index (χ1n) is 4.80. The average Bonchev–Trinajstić information content (AvgIpc) is 2.29. The number of Topliss-reactive ketones (excluding diaryl/α,β-unsaturated/α-hetero) is 1. The van der Waals surface area contributed by atoms with E-state index in [1.807, 2.05) is 0 Å². The molecule has 1 aromatic rings. The van der Waals surface area contributed by atoms with E-state index in [1.54, 1.807) is 38.3 Å². The number of rotatable bonds is 5. The molecule has 3 heteroatoms. The fourth-order valence-electron chi connectivity index (χ4n) is 1.24. The van der Waals surface area contributed by atoms with Crippen LogP contribution in [0.5, 0.6) is 5.75 Å². The summed E-state index contributed by atoms with van der Waals surface area (Å²) in [5.41, 5.74) is 0.615. The second kappa shape index (κ2) is 5.29. The smallest absolute Gasteiger partial charge is 0.163 e. The molecule has 0 heterocycles. The van der Waals surface area contributed by atoms with Gasteiger partial charge in [0.05, 0.1) is 7.11 Å². The van der Waals surface area contributed by atoms with Crippen molar-refractivity contribution < 1.29 is 14.3 Å². The zero-order valence-electron chi connectivity index (χ0n) is 8.90. The minimum Gasteiger partial charge on any atom is -0.497 e. The van der Waals surface area contributed by atoms with E-state index in [0.29, 0.717) is 5.56 Å². The number of hydrogen-bond donors (Lipinski definition) is 0. The predicted molar refractivity (Wildman–Crippen MR) is 57.2 cm³/mol. The highest BCUT2D eigenvalue weighted by molar-refractivity contribution is 5.97. The fraction of sp³-hybridized carbons (Fsp3) is 0.333. The van der Waals surface area contributed by atoms with E-state index in [1.165, 1.54) is 0 Å². The van der Waals surface area contributed by atoms with Gasteiger partial charge in [0.2, 0.25) is 0 Å². The Kier molecular flexibility index (Phi) is 4.03. The van der Waals surface area contributed by atoms with Gasteiger partial charge >= 0.3 is 0 Å². The van der Waals surface area contributed by atoms with Crippen LogP contribution < -0.4 is 4.74 Å². The first kappa shape index (κ1) is 11.4. The first-order chi connectivity index (χ1) is 7.17. The number of ether oxygens (including phenoxy) is 1. The van der Waals surface area contributed by atoms with Crippen LogP contribution in [-0.4, -0.2) is 19.2 Å². The van der Waals surface area contributed by atoms with Crippen molar-refractivity contribution in [1.82, 2.24) is 0 Å². The molecule has 1 unspecified atom stereocenters. The van der Waals surface area contributed by atoms with Crippen LogP contribution in [0.15, 0.2) is 24.3 Å². The monoisotopic (exact) mass is 206 g/mol. The molecule has 1 atom stereocenters. The quantitative estimate of drug-likeness (QED) is 0.547. The lowest BCUT2D eigenvalue weighted by Gasteiger charge is -2.04. The van der Waals surface area contributed by atoms with Crippen molar-refractivity contribution >= 4 is 12.1 Å². The van der Waals surface area contributed by atoms with Crippen LogP contribution in [0, 0.1) is 5.92 Å². The summed E-state index contributed by atoms with van der Waals surface area (Å²) >= 11 is 0. The van der Waals surface area contributed by atoms with Gasteiger partial charge < -0.3 is 9.53 Å². The largest absolute Gasteiger partial charge is 0.497 e. The second-order valence-corrected chi connectivity index (χ2v) is 3.47. The molecule has 0 radical (unpaired) electrons. The Balaban J connectivity index is 2.70. The summed E-state index contributed by atoms with van der Waals surface area (Å²) in [5.74, 6) is 0.479. The number of aldehydes is 1. The van der Waals surface area contributed by atoms with Crippen molar-refractivity contribution in [3.8, 4) is 5.75 Å². The standard InChI is InChI=1S/C12H14O3/c1-9(8-13)7-12(14)10-3-5-11(15-2)6-4-10/h3-6,8-9H,7H2,1-2H3. The molecule has 0 amide bonds. The maximum atomic E-state index is 11.6. The maximum Gasteiger partial charge on any atom is 0.163 e. The third-order valence-corrected chi connectivity index (χ3v) is 2.15. The molecular weight excluding hydrogens is 192 g/mol. The van der Waals surface area contributed by atoms with Crippen molar-refractivity contribution in [2.75, 3.05) is 7.11 Å². The van der Waals surface area contributed by atoms with Gasteiger partial charge in [0, 0.05) is 17.9 Å². The molecule has 0 spiro atoms. The minimum absolute atomic E-state index is 0.0164. The highest BCUT2D eigenvalue weighted by Crippen LogP contribution is 2.14. The number of ketones is 1. The average molecular weight is 206 g/mol. The third-order valence-electron chi connectivity index (χ3n) is 2.15. The molecule has 1 aromatic carbocycles. The van der Waals surface area contributed by atoms with Gasteiger partial charge in [-0.2, -0.15) is 0 Å². The van der Waals surface area contributed by atoms with Gasteiger partial charge in [-0.15, -0.1) is 0 Å². The summed E-state index contributed by atoms with van der Waals surface area (Å²) in [6.45, 7) is 1.73. The van der Waals surface area contributed by atoms with Crippen molar-refractivity contribution in [3.05, 3.63) is 29.8 Å². The molecule has 3 nitrogen and oxygen atoms in total. The van der Waals surface area contributed by atoms with Gasteiger partial charge in [0.1, 0.15) is 12.0 Å². The van der Waals surface area contributed by atoms with Gasteiger partial charge in [-0.25, -0.2) is 0 Å². The third kappa shape index (κ3) is 3.20. The Morgan fingerprint density at radius 1 is 1.40 bits per heavy atom. The number of methoxy groups -OCH3 is 1. The summed E-state index contributed by atoms with van der Waals surface area (Å²) in [4.78, 5) is 22.0. The van der Waals surface area contributed by atoms with E-state index < -0.39 is 0 Å². The molecule has 0 N–H and O–H groups in total. The van der Waals surface area contributed by atoms with Gasteiger partial charge in [-0.3, -0.25) is 4.79 Å². The van der Waals surface area contributed by atoms with Crippen molar-refractivity contribution in [1.29, 1.82) is 0 Å². The SMILES string of the molecule is COc1ccc(C(=O)CC(C)C=O)cc1. The van der Waals surface area contributed by atoms with E-state index in [2.05, 4.69) is 0 Å². The normalized spacial score (nSPS) is 11.9. The number of benzene rings is 1. The van der Waals surface area contributed by atoms with E-state index in [4.69, 9.17) is 4.74 Å². The lowest BCUT2D eigenvalue weighted by atomic mass is 10.0. The second-order valence-electron chi connectivity index (χ2n) is 3.47. The summed E-state index contributed by atoms with van der Waals surface area (Å²) in [6.07, 6.45) is 1.05. The van der Waals surface area contributed by atoms with Crippen LogP contribution in [-0.2, 0) is 4.79 Å².